The van der Waals surface area contributed by atoms with Gasteiger partial charge in [-0.3, -0.25) is 0 Å². The maximum atomic E-state index is 12.4. The molecular formula is C20H28N2O2. The topological polar surface area (TPSA) is 50.4 Å². The first kappa shape index (κ1) is 15.8. The van der Waals surface area contributed by atoms with Gasteiger partial charge in [-0.25, -0.2) is 4.79 Å². The van der Waals surface area contributed by atoms with E-state index in [-0.39, 0.29) is 11.6 Å². The highest BCUT2D eigenvalue weighted by Crippen LogP contribution is 2.55. The van der Waals surface area contributed by atoms with E-state index in [4.69, 9.17) is 4.74 Å². The average Bonchev–Trinajstić information content (AvgIpc) is 2.53. The van der Waals surface area contributed by atoms with Gasteiger partial charge in [0.15, 0.2) is 0 Å². The van der Waals surface area contributed by atoms with Gasteiger partial charge in [0.05, 0.1) is 6.61 Å². The Morgan fingerprint density at radius 2 is 1.67 bits per heavy atom. The van der Waals surface area contributed by atoms with Crippen LogP contribution in [0.15, 0.2) is 24.3 Å². The molecule has 24 heavy (non-hydrogen) atoms. The molecule has 4 bridgehead atoms. The zero-order valence-corrected chi connectivity index (χ0v) is 14.5. The lowest BCUT2D eigenvalue weighted by atomic mass is 9.53. The normalized spacial score (nSPS) is 33.3. The van der Waals surface area contributed by atoms with Gasteiger partial charge in [-0.1, -0.05) is 12.1 Å². The van der Waals surface area contributed by atoms with Gasteiger partial charge in [0, 0.05) is 12.1 Å². The fourth-order valence-electron chi connectivity index (χ4n) is 5.60. The monoisotopic (exact) mass is 328 g/mol. The zero-order chi connectivity index (χ0) is 16.6. The molecule has 0 aliphatic heterocycles. The van der Waals surface area contributed by atoms with Gasteiger partial charge in [0.2, 0.25) is 0 Å². The van der Waals surface area contributed by atoms with Crippen LogP contribution in [0, 0.1) is 17.8 Å². The van der Waals surface area contributed by atoms with Crippen molar-refractivity contribution in [2.45, 2.75) is 57.5 Å². The molecule has 4 nitrogen and oxygen atoms in total. The number of rotatable bonds is 5. The van der Waals surface area contributed by atoms with Gasteiger partial charge in [-0.05, 0) is 80.9 Å². The van der Waals surface area contributed by atoms with Crippen molar-refractivity contribution >= 4 is 6.03 Å². The van der Waals surface area contributed by atoms with Crippen LogP contribution in [0.4, 0.5) is 4.79 Å². The molecule has 5 rings (SSSR count). The Morgan fingerprint density at radius 1 is 1.08 bits per heavy atom. The van der Waals surface area contributed by atoms with E-state index in [1.54, 1.807) is 0 Å². The predicted molar refractivity (Wildman–Crippen MR) is 93.9 cm³/mol. The average molecular weight is 328 g/mol. The number of urea groups is 1. The Bertz CT molecular complexity index is 561. The van der Waals surface area contributed by atoms with Crippen molar-refractivity contribution in [3.8, 4) is 5.75 Å². The SMILES string of the molecule is CCOc1ccc(CNC(=O)NC23CC4CC(CC(C4)C2)C3)cc1. The molecule has 4 aliphatic rings. The summed E-state index contributed by atoms with van der Waals surface area (Å²) in [5, 5.41) is 6.39. The fourth-order valence-corrected chi connectivity index (χ4v) is 5.60. The van der Waals surface area contributed by atoms with E-state index in [1.165, 1.54) is 38.5 Å². The minimum Gasteiger partial charge on any atom is -0.494 e. The van der Waals surface area contributed by atoms with Crippen molar-refractivity contribution in [2.24, 2.45) is 17.8 Å². The van der Waals surface area contributed by atoms with Gasteiger partial charge >= 0.3 is 6.03 Å². The summed E-state index contributed by atoms with van der Waals surface area (Å²) in [6.45, 7) is 3.21. The Labute approximate surface area is 144 Å². The maximum Gasteiger partial charge on any atom is 0.315 e. The highest BCUT2D eigenvalue weighted by atomic mass is 16.5. The number of hydrogen-bond acceptors (Lipinski definition) is 2. The summed E-state index contributed by atoms with van der Waals surface area (Å²) in [6, 6.07) is 7.92. The third-order valence-electron chi connectivity index (χ3n) is 6.10. The van der Waals surface area contributed by atoms with Crippen molar-refractivity contribution < 1.29 is 9.53 Å². The summed E-state index contributed by atoms with van der Waals surface area (Å²) in [5.74, 6) is 3.42. The number of nitrogens with one attached hydrogen (secondary N) is 2. The molecule has 0 unspecified atom stereocenters. The van der Waals surface area contributed by atoms with Crippen LogP contribution in [0.3, 0.4) is 0 Å². The van der Waals surface area contributed by atoms with Crippen LogP contribution in [0.2, 0.25) is 0 Å². The summed E-state index contributed by atoms with van der Waals surface area (Å²) in [4.78, 5) is 12.4. The highest BCUT2D eigenvalue weighted by Gasteiger charge is 2.51. The van der Waals surface area contributed by atoms with Crippen molar-refractivity contribution in [2.75, 3.05) is 6.61 Å². The molecule has 4 fully saturated rings. The first-order valence-corrected chi connectivity index (χ1v) is 9.42. The molecule has 0 radical (unpaired) electrons. The largest absolute Gasteiger partial charge is 0.494 e. The van der Waals surface area contributed by atoms with Gasteiger partial charge < -0.3 is 15.4 Å². The second-order valence-corrected chi connectivity index (χ2v) is 8.08. The number of ether oxygens (including phenoxy) is 1. The predicted octanol–water partition coefficient (Wildman–Crippen LogP) is 3.85. The first-order chi connectivity index (χ1) is 11.6. The van der Waals surface area contributed by atoms with E-state index in [2.05, 4.69) is 10.6 Å². The molecule has 0 aromatic heterocycles. The third kappa shape index (κ3) is 3.24. The van der Waals surface area contributed by atoms with E-state index >= 15 is 0 Å². The number of carbonyl (C=O) groups is 1. The number of benzene rings is 1. The van der Waals surface area contributed by atoms with Crippen molar-refractivity contribution in [1.29, 1.82) is 0 Å². The molecule has 4 aliphatic carbocycles. The van der Waals surface area contributed by atoms with Gasteiger partial charge in [0.1, 0.15) is 5.75 Å². The Kier molecular flexibility index (Phi) is 4.15. The quantitative estimate of drug-likeness (QED) is 0.862. The van der Waals surface area contributed by atoms with Crippen LogP contribution in [0.5, 0.6) is 5.75 Å². The minimum atomic E-state index is -0.00849. The van der Waals surface area contributed by atoms with E-state index < -0.39 is 0 Å². The Balaban J connectivity index is 1.31. The summed E-state index contributed by atoms with van der Waals surface area (Å²) >= 11 is 0. The van der Waals surface area contributed by atoms with E-state index in [1.807, 2.05) is 31.2 Å². The summed E-state index contributed by atoms with van der Waals surface area (Å²) < 4.78 is 5.45. The standard InChI is InChI=1S/C20H28N2O2/c1-2-24-18-5-3-14(4-6-18)13-21-19(23)22-20-10-15-7-16(11-20)9-17(8-15)12-20/h3-6,15-17H,2,7-13H2,1H3,(H2,21,22,23). The van der Waals surface area contributed by atoms with Gasteiger partial charge in [-0.15, -0.1) is 0 Å². The van der Waals surface area contributed by atoms with E-state index in [0.29, 0.717) is 13.2 Å². The molecule has 2 amide bonds. The molecule has 1 aromatic carbocycles. The lowest BCUT2D eigenvalue weighted by Crippen LogP contribution is -2.61. The second-order valence-electron chi connectivity index (χ2n) is 8.08. The van der Waals surface area contributed by atoms with Crippen LogP contribution in [-0.2, 0) is 6.54 Å². The van der Waals surface area contributed by atoms with Crippen LogP contribution in [-0.4, -0.2) is 18.2 Å². The lowest BCUT2D eigenvalue weighted by Gasteiger charge is -2.56. The van der Waals surface area contributed by atoms with E-state index in [9.17, 15) is 4.79 Å². The zero-order valence-electron chi connectivity index (χ0n) is 14.5. The Morgan fingerprint density at radius 3 is 2.21 bits per heavy atom. The molecule has 4 saturated carbocycles. The summed E-state index contributed by atoms with van der Waals surface area (Å²) in [7, 11) is 0. The first-order valence-electron chi connectivity index (χ1n) is 9.42. The number of carbonyl (C=O) groups excluding carboxylic acids is 1. The molecule has 0 saturated heterocycles. The molecule has 4 heteroatoms. The van der Waals surface area contributed by atoms with Crippen LogP contribution in [0.1, 0.15) is 51.0 Å². The Hall–Kier alpha value is -1.71. The molecule has 2 N–H and O–H groups in total. The van der Waals surface area contributed by atoms with Gasteiger partial charge in [-0.2, -0.15) is 0 Å². The molecule has 0 spiro atoms. The minimum absolute atomic E-state index is 0.00849. The molecule has 130 valence electrons. The second kappa shape index (κ2) is 6.30. The van der Waals surface area contributed by atoms with Crippen LogP contribution in [0.25, 0.3) is 0 Å². The molecular weight excluding hydrogens is 300 g/mol. The summed E-state index contributed by atoms with van der Waals surface area (Å²) in [5.41, 5.74) is 1.18. The third-order valence-corrected chi connectivity index (χ3v) is 6.10. The van der Waals surface area contributed by atoms with Crippen LogP contribution >= 0.6 is 0 Å². The van der Waals surface area contributed by atoms with Gasteiger partial charge in [0.25, 0.3) is 0 Å². The fraction of sp³-hybridized carbons (Fsp3) is 0.650. The molecule has 0 atom stereocenters. The number of hydrogen-bond donors (Lipinski definition) is 2. The lowest BCUT2D eigenvalue weighted by molar-refractivity contribution is -0.0135. The van der Waals surface area contributed by atoms with Crippen molar-refractivity contribution in [1.82, 2.24) is 10.6 Å². The van der Waals surface area contributed by atoms with E-state index in [0.717, 1.165) is 29.1 Å². The summed E-state index contributed by atoms with van der Waals surface area (Å²) in [6.07, 6.45) is 7.76. The van der Waals surface area contributed by atoms with Crippen LogP contribution < -0.4 is 15.4 Å². The molecule has 0 heterocycles. The smallest absolute Gasteiger partial charge is 0.315 e. The van der Waals surface area contributed by atoms with Crippen molar-refractivity contribution in [3.63, 3.8) is 0 Å². The number of amides is 2. The molecule has 1 aromatic rings. The highest BCUT2D eigenvalue weighted by molar-refractivity contribution is 5.75. The maximum absolute atomic E-state index is 12.4. The van der Waals surface area contributed by atoms with Crippen molar-refractivity contribution in [3.05, 3.63) is 29.8 Å².